The summed E-state index contributed by atoms with van der Waals surface area (Å²) in [6, 6.07) is 15.1. The molecule has 45 heavy (non-hydrogen) atoms. The molecule has 4 rings (SSSR count). The van der Waals surface area contributed by atoms with Gasteiger partial charge in [-0.1, -0.05) is 60.7 Å². The number of aryl methyl sites for hydroxylation is 4. The van der Waals surface area contributed by atoms with Crippen LogP contribution in [0, 0.1) is 27.7 Å². The third-order valence-electron chi connectivity index (χ3n) is 7.19. The minimum Gasteiger partial charge on any atom is -0.379 e. The van der Waals surface area contributed by atoms with Gasteiger partial charge in [-0.2, -0.15) is 43.2 Å². The molecule has 0 aliphatic heterocycles. The van der Waals surface area contributed by atoms with E-state index in [2.05, 4.69) is 0 Å². The molecule has 0 unspecified atom stereocenters. The summed E-state index contributed by atoms with van der Waals surface area (Å²) in [5.74, 6) is -0.941. The lowest BCUT2D eigenvalue weighted by Crippen LogP contribution is -2.54. The van der Waals surface area contributed by atoms with E-state index >= 15 is 0 Å². The molecule has 0 spiro atoms. The minimum atomic E-state index is -5.96. The molecule has 0 N–H and O–H groups in total. The van der Waals surface area contributed by atoms with Gasteiger partial charge in [0.05, 0.1) is 0 Å². The van der Waals surface area contributed by atoms with Crippen molar-refractivity contribution < 1.29 is 51.5 Å². The molecule has 4 aromatic carbocycles. The van der Waals surface area contributed by atoms with Crippen LogP contribution in [-0.2, 0) is 25.7 Å². The van der Waals surface area contributed by atoms with E-state index in [9.17, 15) is 43.2 Å². The van der Waals surface area contributed by atoms with Crippen molar-refractivity contribution in [2.24, 2.45) is 0 Å². The third kappa shape index (κ3) is 6.25. The molecule has 0 saturated carbocycles. The SMILES string of the molecule is Cc1cc(C(c2ccc(OS(=O)(=O)c3ccccc3C)c(C)c2)(C(F)(F)F)C(F)(F)F)ccc1OS(=O)(=O)c1ccccc1C. The summed E-state index contributed by atoms with van der Waals surface area (Å²) in [6.07, 6.45) is -11.9. The normalized spacial score (nSPS) is 13.0. The molecule has 0 bridgehead atoms. The largest absolute Gasteiger partial charge is 0.411 e. The van der Waals surface area contributed by atoms with Crippen LogP contribution in [-0.4, -0.2) is 29.2 Å². The zero-order valence-corrected chi connectivity index (χ0v) is 25.7. The first-order valence-corrected chi connectivity index (χ1v) is 15.9. The highest BCUT2D eigenvalue weighted by molar-refractivity contribution is 7.87. The average Bonchev–Trinajstić information content (AvgIpc) is 2.90. The molecule has 6 nitrogen and oxygen atoms in total. The lowest BCUT2D eigenvalue weighted by molar-refractivity contribution is -0.288. The Bertz CT molecular complexity index is 1820. The molecule has 0 heterocycles. The van der Waals surface area contributed by atoms with Gasteiger partial charge in [0.1, 0.15) is 21.3 Å². The fourth-order valence-corrected chi connectivity index (χ4v) is 7.38. The van der Waals surface area contributed by atoms with Crippen molar-refractivity contribution in [3.63, 3.8) is 0 Å². The van der Waals surface area contributed by atoms with Gasteiger partial charge in [-0.05, 0) is 85.3 Å². The Morgan fingerprint density at radius 3 is 1.11 bits per heavy atom. The summed E-state index contributed by atoms with van der Waals surface area (Å²) in [6.45, 7) is 5.21. The van der Waals surface area contributed by atoms with E-state index in [-0.39, 0.29) is 20.9 Å². The van der Waals surface area contributed by atoms with Crippen LogP contribution in [0.4, 0.5) is 26.3 Å². The number of hydrogen-bond donors (Lipinski definition) is 0. The van der Waals surface area contributed by atoms with Crippen LogP contribution in [0.1, 0.15) is 33.4 Å². The van der Waals surface area contributed by atoms with Crippen LogP contribution >= 0.6 is 0 Å². The van der Waals surface area contributed by atoms with Gasteiger partial charge in [0.15, 0.2) is 0 Å². The number of halogens is 6. The molecular formula is C31H26F6O6S2. The lowest BCUT2D eigenvalue weighted by atomic mass is 9.72. The van der Waals surface area contributed by atoms with E-state index in [0.29, 0.717) is 35.4 Å². The van der Waals surface area contributed by atoms with Gasteiger partial charge in [-0.15, -0.1) is 0 Å². The number of alkyl halides is 6. The molecular weight excluding hydrogens is 646 g/mol. The van der Waals surface area contributed by atoms with Gasteiger partial charge in [-0.25, -0.2) is 0 Å². The van der Waals surface area contributed by atoms with Gasteiger partial charge < -0.3 is 8.37 Å². The standard InChI is InChI=1S/C31H26F6O6S2/c1-19-9-5-7-11-27(19)44(38,39)42-25-15-13-23(17-21(25)3)29(30(32,33)34,31(35,36)37)24-14-16-26(22(4)18-24)43-45(40,41)28-12-8-6-10-20(28)2/h5-18H,1-4H3. The fourth-order valence-electron chi connectivity index (χ4n) is 4.93. The predicted molar refractivity (Wildman–Crippen MR) is 153 cm³/mol. The quantitative estimate of drug-likeness (QED) is 0.140. The van der Waals surface area contributed by atoms with Crippen molar-refractivity contribution >= 4 is 20.2 Å². The number of hydrogen-bond acceptors (Lipinski definition) is 6. The molecule has 0 aliphatic carbocycles. The zero-order valence-electron chi connectivity index (χ0n) is 24.1. The summed E-state index contributed by atoms with van der Waals surface area (Å²) >= 11 is 0. The summed E-state index contributed by atoms with van der Waals surface area (Å²) in [7, 11) is -8.96. The van der Waals surface area contributed by atoms with E-state index in [1.165, 1.54) is 50.2 Å². The summed E-state index contributed by atoms with van der Waals surface area (Å²) < 4.78 is 150. The molecule has 0 aliphatic rings. The molecule has 0 radical (unpaired) electrons. The monoisotopic (exact) mass is 672 g/mol. The maximum absolute atomic E-state index is 14.8. The Morgan fingerprint density at radius 1 is 0.489 bits per heavy atom. The maximum Gasteiger partial charge on any atom is 0.411 e. The molecule has 0 atom stereocenters. The summed E-state index contributed by atoms with van der Waals surface area (Å²) in [5.41, 5.74) is -7.13. The average molecular weight is 673 g/mol. The molecule has 0 aromatic heterocycles. The van der Waals surface area contributed by atoms with Crippen LogP contribution in [0.15, 0.2) is 94.7 Å². The van der Waals surface area contributed by atoms with Crippen LogP contribution in [0.5, 0.6) is 11.5 Å². The Labute approximate surface area is 256 Å². The van der Waals surface area contributed by atoms with Crippen LogP contribution in [0.25, 0.3) is 0 Å². The fraction of sp³-hybridized carbons (Fsp3) is 0.226. The van der Waals surface area contributed by atoms with Crippen molar-refractivity contribution in [2.75, 3.05) is 0 Å². The predicted octanol–water partition coefficient (Wildman–Crippen LogP) is 7.87. The smallest absolute Gasteiger partial charge is 0.379 e. The second-order valence-corrected chi connectivity index (χ2v) is 13.3. The topological polar surface area (TPSA) is 86.7 Å². The highest BCUT2D eigenvalue weighted by atomic mass is 32.2. The Morgan fingerprint density at radius 2 is 0.822 bits per heavy atom. The minimum absolute atomic E-state index is 0.226. The highest BCUT2D eigenvalue weighted by Crippen LogP contribution is 2.57. The summed E-state index contributed by atoms with van der Waals surface area (Å²) in [4.78, 5) is -0.453. The van der Waals surface area contributed by atoms with Crippen molar-refractivity contribution in [1.29, 1.82) is 0 Å². The van der Waals surface area contributed by atoms with Gasteiger partial charge in [-0.3, -0.25) is 0 Å². The first-order valence-electron chi connectivity index (χ1n) is 13.1. The first kappa shape index (κ1) is 33.8. The van der Waals surface area contributed by atoms with E-state index in [0.717, 1.165) is 26.0 Å². The second kappa shape index (κ2) is 11.7. The third-order valence-corrected chi connectivity index (χ3v) is 9.98. The Kier molecular flexibility index (Phi) is 8.81. The number of rotatable bonds is 8. The maximum atomic E-state index is 14.8. The highest BCUT2D eigenvalue weighted by Gasteiger charge is 2.72. The van der Waals surface area contributed by atoms with Crippen molar-refractivity contribution in [1.82, 2.24) is 0 Å². The first-order chi connectivity index (χ1) is 20.7. The molecule has 0 fully saturated rings. The van der Waals surface area contributed by atoms with Gasteiger partial charge >= 0.3 is 32.6 Å². The van der Waals surface area contributed by atoms with Crippen molar-refractivity contribution in [3.8, 4) is 11.5 Å². The van der Waals surface area contributed by atoms with E-state index in [1.54, 1.807) is 12.1 Å². The molecule has 4 aromatic rings. The van der Waals surface area contributed by atoms with Crippen molar-refractivity contribution in [2.45, 2.75) is 55.3 Å². The van der Waals surface area contributed by atoms with Crippen molar-refractivity contribution in [3.05, 3.63) is 118 Å². The van der Waals surface area contributed by atoms with E-state index < -0.39 is 60.6 Å². The van der Waals surface area contributed by atoms with Gasteiger partial charge in [0.2, 0.25) is 5.41 Å². The Hall–Kier alpha value is -4.04. The van der Waals surface area contributed by atoms with Gasteiger partial charge in [0.25, 0.3) is 0 Å². The molecule has 0 amide bonds. The number of benzene rings is 4. The van der Waals surface area contributed by atoms with Crippen LogP contribution in [0.2, 0.25) is 0 Å². The van der Waals surface area contributed by atoms with Gasteiger partial charge in [0, 0.05) is 0 Å². The van der Waals surface area contributed by atoms with Crippen LogP contribution < -0.4 is 8.37 Å². The lowest BCUT2D eigenvalue weighted by Gasteiger charge is -2.38. The van der Waals surface area contributed by atoms with Crippen LogP contribution in [0.3, 0.4) is 0 Å². The molecule has 240 valence electrons. The van der Waals surface area contributed by atoms with E-state index in [4.69, 9.17) is 8.37 Å². The van der Waals surface area contributed by atoms with E-state index in [1.807, 2.05) is 0 Å². The molecule has 14 heteroatoms. The zero-order chi connectivity index (χ0) is 33.6. The summed E-state index contributed by atoms with van der Waals surface area (Å²) in [5, 5.41) is 0. The molecule has 0 saturated heterocycles. The Balaban J connectivity index is 1.82. The second-order valence-electron chi connectivity index (χ2n) is 10.3.